The molecular weight excluding hydrogens is 334 g/mol. The zero-order valence-corrected chi connectivity index (χ0v) is 15.7. The molecular formula is C20H29NO5. The van der Waals surface area contributed by atoms with Gasteiger partial charge in [0, 0.05) is 6.04 Å². The van der Waals surface area contributed by atoms with Crippen molar-refractivity contribution in [3.63, 3.8) is 0 Å². The van der Waals surface area contributed by atoms with E-state index in [2.05, 4.69) is 12.2 Å². The Bertz CT molecular complexity index is 572. The number of ether oxygens (including phenoxy) is 3. The molecule has 0 heterocycles. The van der Waals surface area contributed by atoms with E-state index in [-0.39, 0.29) is 31.6 Å². The normalized spacial score (nSPS) is 19.5. The Kier molecular flexibility index (Phi) is 8.25. The van der Waals surface area contributed by atoms with Gasteiger partial charge in [-0.3, -0.25) is 9.59 Å². The van der Waals surface area contributed by atoms with Crippen molar-refractivity contribution in [2.45, 2.75) is 52.0 Å². The monoisotopic (exact) mass is 363 g/mol. The molecule has 1 aromatic carbocycles. The summed E-state index contributed by atoms with van der Waals surface area (Å²) in [6, 6.07) is 7.39. The first-order chi connectivity index (χ1) is 12.6. The summed E-state index contributed by atoms with van der Waals surface area (Å²) in [6.45, 7) is 4.65. The molecule has 2 atom stereocenters. The second-order valence-electron chi connectivity index (χ2n) is 6.60. The summed E-state index contributed by atoms with van der Waals surface area (Å²) in [5, 5.41) is 2.96. The van der Waals surface area contributed by atoms with E-state index in [1.54, 1.807) is 12.1 Å². The van der Waals surface area contributed by atoms with Crippen LogP contribution in [0, 0.1) is 5.92 Å². The van der Waals surface area contributed by atoms with Gasteiger partial charge in [0.05, 0.1) is 19.6 Å². The van der Waals surface area contributed by atoms with Crippen LogP contribution in [-0.2, 0) is 14.3 Å². The Morgan fingerprint density at radius 2 is 1.73 bits per heavy atom. The molecule has 6 nitrogen and oxygen atoms in total. The molecule has 0 bridgehead atoms. The predicted octanol–water partition coefficient (Wildman–Crippen LogP) is 3.09. The van der Waals surface area contributed by atoms with Crippen molar-refractivity contribution in [3.8, 4) is 11.5 Å². The number of amides is 1. The van der Waals surface area contributed by atoms with Gasteiger partial charge in [-0.25, -0.2) is 0 Å². The van der Waals surface area contributed by atoms with E-state index in [1.807, 2.05) is 19.1 Å². The van der Waals surface area contributed by atoms with Crippen molar-refractivity contribution >= 4 is 11.9 Å². The number of esters is 1. The molecule has 0 spiro atoms. The van der Waals surface area contributed by atoms with Gasteiger partial charge < -0.3 is 19.5 Å². The molecule has 0 aliphatic heterocycles. The van der Waals surface area contributed by atoms with Gasteiger partial charge in [-0.2, -0.15) is 0 Å². The SMILES string of the molecule is CCOc1ccc(OCCC(=O)OCC(=O)NC2CCCCC2C)cc1. The Morgan fingerprint density at radius 3 is 2.38 bits per heavy atom. The fourth-order valence-corrected chi connectivity index (χ4v) is 3.05. The van der Waals surface area contributed by atoms with Gasteiger partial charge in [0.1, 0.15) is 11.5 Å². The Hall–Kier alpha value is -2.24. The first-order valence-corrected chi connectivity index (χ1v) is 9.39. The van der Waals surface area contributed by atoms with Gasteiger partial charge in [0.15, 0.2) is 6.61 Å². The Morgan fingerprint density at radius 1 is 1.08 bits per heavy atom. The summed E-state index contributed by atoms with van der Waals surface area (Å²) in [6.07, 6.45) is 4.58. The average molecular weight is 363 g/mol. The van der Waals surface area contributed by atoms with E-state index in [1.165, 1.54) is 6.42 Å². The lowest BCUT2D eigenvalue weighted by molar-refractivity contribution is -0.149. The lowest BCUT2D eigenvalue weighted by Crippen LogP contribution is -2.42. The molecule has 1 N–H and O–H groups in total. The standard InChI is InChI=1S/C20H29NO5/c1-3-24-16-8-10-17(11-9-16)25-13-12-20(23)26-14-19(22)21-18-7-5-4-6-15(18)2/h8-11,15,18H,3-7,12-14H2,1-2H3,(H,21,22). The van der Waals surface area contributed by atoms with Crippen LogP contribution >= 0.6 is 0 Å². The molecule has 1 aliphatic carbocycles. The lowest BCUT2D eigenvalue weighted by atomic mass is 9.86. The molecule has 1 amide bonds. The van der Waals surface area contributed by atoms with Crippen LogP contribution in [0.2, 0.25) is 0 Å². The van der Waals surface area contributed by atoms with Crippen LogP contribution in [0.25, 0.3) is 0 Å². The summed E-state index contributed by atoms with van der Waals surface area (Å²) in [7, 11) is 0. The minimum Gasteiger partial charge on any atom is -0.494 e. The second-order valence-corrected chi connectivity index (χ2v) is 6.60. The summed E-state index contributed by atoms with van der Waals surface area (Å²) in [5.41, 5.74) is 0. The third-order valence-corrected chi connectivity index (χ3v) is 4.53. The van der Waals surface area contributed by atoms with Crippen LogP contribution in [0.15, 0.2) is 24.3 Å². The highest BCUT2D eigenvalue weighted by Gasteiger charge is 2.23. The third-order valence-electron chi connectivity index (χ3n) is 4.53. The highest BCUT2D eigenvalue weighted by Crippen LogP contribution is 2.23. The molecule has 144 valence electrons. The first kappa shape index (κ1) is 20.1. The molecule has 0 radical (unpaired) electrons. The topological polar surface area (TPSA) is 73.9 Å². The van der Waals surface area contributed by atoms with Crippen LogP contribution in [0.5, 0.6) is 11.5 Å². The van der Waals surface area contributed by atoms with Crippen LogP contribution in [0.3, 0.4) is 0 Å². The average Bonchev–Trinajstić information content (AvgIpc) is 2.64. The van der Waals surface area contributed by atoms with Crippen LogP contribution in [0.4, 0.5) is 0 Å². The van der Waals surface area contributed by atoms with E-state index in [4.69, 9.17) is 14.2 Å². The number of carbonyl (C=O) groups excluding carboxylic acids is 2. The Labute approximate surface area is 155 Å². The van der Waals surface area contributed by atoms with Crippen molar-refractivity contribution in [3.05, 3.63) is 24.3 Å². The fourth-order valence-electron chi connectivity index (χ4n) is 3.05. The van der Waals surface area contributed by atoms with Crippen molar-refractivity contribution in [2.75, 3.05) is 19.8 Å². The first-order valence-electron chi connectivity index (χ1n) is 9.39. The molecule has 0 aromatic heterocycles. The van der Waals surface area contributed by atoms with E-state index < -0.39 is 5.97 Å². The fraction of sp³-hybridized carbons (Fsp3) is 0.600. The van der Waals surface area contributed by atoms with Gasteiger partial charge in [0.2, 0.25) is 0 Å². The van der Waals surface area contributed by atoms with Crippen molar-refractivity contribution in [2.24, 2.45) is 5.92 Å². The molecule has 0 saturated heterocycles. The van der Waals surface area contributed by atoms with E-state index in [9.17, 15) is 9.59 Å². The lowest BCUT2D eigenvalue weighted by Gasteiger charge is -2.29. The molecule has 2 unspecified atom stereocenters. The zero-order valence-electron chi connectivity index (χ0n) is 15.7. The van der Waals surface area contributed by atoms with E-state index >= 15 is 0 Å². The van der Waals surface area contributed by atoms with E-state index in [0.29, 0.717) is 18.3 Å². The highest BCUT2D eigenvalue weighted by molar-refractivity contribution is 5.80. The minimum absolute atomic E-state index is 0.0975. The molecule has 1 saturated carbocycles. The molecule has 1 fully saturated rings. The summed E-state index contributed by atoms with van der Waals surface area (Å²) in [5.74, 6) is 1.24. The van der Waals surface area contributed by atoms with Crippen LogP contribution < -0.4 is 14.8 Å². The largest absolute Gasteiger partial charge is 0.494 e. The third kappa shape index (κ3) is 6.94. The molecule has 26 heavy (non-hydrogen) atoms. The smallest absolute Gasteiger partial charge is 0.309 e. The van der Waals surface area contributed by atoms with E-state index in [0.717, 1.165) is 25.0 Å². The highest BCUT2D eigenvalue weighted by atomic mass is 16.5. The van der Waals surface area contributed by atoms with Crippen LogP contribution in [-0.4, -0.2) is 37.7 Å². The maximum Gasteiger partial charge on any atom is 0.309 e. The van der Waals surface area contributed by atoms with Crippen molar-refractivity contribution < 1.29 is 23.8 Å². The molecule has 1 aliphatic rings. The Balaban J connectivity index is 1.60. The maximum absolute atomic E-state index is 11.9. The van der Waals surface area contributed by atoms with Gasteiger partial charge in [0.25, 0.3) is 5.91 Å². The number of benzene rings is 1. The van der Waals surface area contributed by atoms with Gasteiger partial charge in [-0.15, -0.1) is 0 Å². The quantitative estimate of drug-likeness (QED) is 0.683. The zero-order chi connectivity index (χ0) is 18.8. The van der Waals surface area contributed by atoms with Gasteiger partial charge >= 0.3 is 5.97 Å². The van der Waals surface area contributed by atoms with Crippen LogP contribution in [0.1, 0.15) is 46.0 Å². The van der Waals surface area contributed by atoms with Gasteiger partial charge in [-0.1, -0.05) is 19.8 Å². The summed E-state index contributed by atoms with van der Waals surface area (Å²) in [4.78, 5) is 23.6. The molecule has 6 heteroatoms. The summed E-state index contributed by atoms with van der Waals surface area (Å²) < 4.78 is 15.9. The number of nitrogens with one attached hydrogen (secondary N) is 1. The maximum atomic E-state index is 11.9. The predicted molar refractivity (Wildman–Crippen MR) is 98.2 cm³/mol. The van der Waals surface area contributed by atoms with Crippen molar-refractivity contribution in [1.29, 1.82) is 0 Å². The van der Waals surface area contributed by atoms with Crippen molar-refractivity contribution in [1.82, 2.24) is 5.32 Å². The number of rotatable bonds is 9. The number of hydrogen-bond acceptors (Lipinski definition) is 5. The minimum atomic E-state index is -0.442. The number of carbonyl (C=O) groups is 2. The molecule has 1 aromatic rings. The number of hydrogen-bond donors (Lipinski definition) is 1. The molecule has 2 rings (SSSR count). The second kappa shape index (κ2) is 10.7. The summed E-state index contributed by atoms with van der Waals surface area (Å²) >= 11 is 0. The van der Waals surface area contributed by atoms with Gasteiger partial charge in [-0.05, 0) is 49.9 Å².